The molecule has 0 saturated heterocycles. The first-order valence-corrected chi connectivity index (χ1v) is 7.94. The highest BCUT2D eigenvalue weighted by molar-refractivity contribution is 8.00. The molecule has 2 heterocycles. The van der Waals surface area contributed by atoms with Gasteiger partial charge in [0, 0.05) is 10.6 Å². The molecular formula is C15H11ClFN3O2S. The van der Waals surface area contributed by atoms with Crippen LogP contribution in [0.4, 0.5) is 15.8 Å². The van der Waals surface area contributed by atoms with Gasteiger partial charge < -0.3 is 10.6 Å². The molecule has 1 unspecified atom stereocenters. The molecule has 1 aromatic heterocycles. The minimum atomic E-state index is -0.650. The van der Waals surface area contributed by atoms with Crippen molar-refractivity contribution < 1.29 is 14.0 Å². The average molecular weight is 352 g/mol. The van der Waals surface area contributed by atoms with Crippen molar-refractivity contribution in [3.63, 3.8) is 0 Å². The quantitative estimate of drug-likeness (QED) is 0.811. The number of anilines is 2. The SMILES string of the molecule is CC1Sc2ccc(NC(=O)c3cc(F)cnc3Cl)cc2NC1=O. The number of thioether (sulfide) groups is 1. The van der Waals surface area contributed by atoms with Gasteiger partial charge in [-0.15, -0.1) is 11.8 Å². The third-order valence-corrected chi connectivity index (χ3v) is 4.70. The molecule has 0 bridgehead atoms. The summed E-state index contributed by atoms with van der Waals surface area (Å²) in [6.45, 7) is 1.82. The topological polar surface area (TPSA) is 71.1 Å². The molecule has 1 aromatic carbocycles. The van der Waals surface area contributed by atoms with Crippen LogP contribution in [0.25, 0.3) is 0 Å². The number of hydrogen-bond acceptors (Lipinski definition) is 4. The van der Waals surface area contributed by atoms with Crippen molar-refractivity contribution in [3.8, 4) is 0 Å². The van der Waals surface area contributed by atoms with Crippen molar-refractivity contribution in [2.24, 2.45) is 0 Å². The first-order chi connectivity index (χ1) is 10.9. The molecule has 1 atom stereocenters. The summed E-state index contributed by atoms with van der Waals surface area (Å²) in [5.74, 6) is -1.32. The average Bonchev–Trinajstić information content (AvgIpc) is 2.51. The number of benzene rings is 1. The Kier molecular flexibility index (Phi) is 4.23. The van der Waals surface area contributed by atoms with Crippen molar-refractivity contribution in [1.82, 2.24) is 4.98 Å². The standard InChI is InChI=1S/C15H11ClFN3O2S/c1-7-14(21)20-11-5-9(2-3-12(11)23-7)19-15(22)10-4-8(17)6-18-13(10)16/h2-7H,1H3,(H,19,22)(H,20,21). The summed E-state index contributed by atoms with van der Waals surface area (Å²) in [6.07, 6.45) is 0.936. The zero-order chi connectivity index (χ0) is 16.6. The van der Waals surface area contributed by atoms with Crippen LogP contribution < -0.4 is 10.6 Å². The number of carbonyl (C=O) groups excluding carboxylic acids is 2. The Morgan fingerprint density at radius 2 is 2.22 bits per heavy atom. The normalized spacial score (nSPS) is 16.5. The van der Waals surface area contributed by atoms with Gasteiger partial charge in [-0.1, -0.05) is 11.6 Å². The number of nitrogens with one attached hydrogen (secondary N) is 2. The molecule has 1 aliphatic rings. The van der Waals surface area contributed by atoms with Gasteiger partial charge in [-0.05, 0) is 31.2 Å². The molecule has 1 aliphatic heterocycles. The second kappa shape index (κ2) is 6.17. The van der Waals surface area contributed by atoms with E-state index in [2.05, 4.69) is 15.6 Å². The van der Waals surface area contributed by atoms with E-state index < -0.39 is 11.7 Å². The van der Waals surface area contributed by atoms with Gasteiger partial charge in [0.25, 0.3) is 5.91 Å². The van der Waals surface area contributed by atoms with Crippen LogP contribution in [-0.2, 0) is 4.79 Å². The maximum atomic E-state index is 13.2. The van der Waals surface area contributed by atoms with Crippen LogP contribution in [-0.4, -0.2) is 22.0 Å². The lowest BCUT2D eigenvalue weighted by Crippen LogP contribution is -2.26. The molecule has 0 spiro atoms. The summed E-state index contributed by atoms with van der Waals surface area (Å²) >= 11 is 7.25. The van der Waals surface area contributed by atoms with Crippen LogP contribution in [0.2, 0.25) is 5.15 Å². The van der Waals surface area contributed by atoms with E-state index in [1.54, 1.807) is 18.2 Å². The number of hydrogen-bond donors (Lipinski definition) is 2. The van der Waals surface area contributed by atoms with Gasteiger partial charge in [-0.3, -0.25) is 9.59 Å². The fourth-order valence-electron chi connectivity index (χ4n) is 2.07. The minimum Gasteiger partial charge on any atom is -0.324 e. The van der Waals surface area contributed by atoms with Gasteiger partial charge in [0.05, 0.1) is 22.7 Å². The fraction of sp³-hybridized carbons (Fsp3) is 0.133. The van der Waals surface area contributed by atoms with Crippen molar-refractivity contribution >= 4 is 46.6 Å². The predicted molar refractivity (Wildman–Crippen MR) is 87.5 cm³/mol. The monoisotopic (exact) mass is 351 g/mol. The van der Waals surface area contributed by atoms with Crippen molar-refractivity contribution in [3.05, 3.63) is 47.0 Å². The highest BCUT2D eigenvalue weighted by atomic mass is 35.5. The van der Waals surface area contributed by atoms with E-state index in [1.165, 1.54) is 11.8 Å². The Morgan fingerprint density at radius 1 is 1.43 bits per heavy atom. The molecule has 2 amide bonds. The lowest BCUT2D eigenvalue weighted by atomic mass is 10.2. The molecule has 0 radical (unpaired) electrons. The molecule has 0 aliphatic carbocycles. The van der Waals surface area contributed by atoms with Gasteiger partial charge in [-0.2, -0.15) is 0 Å². The van der Waals surface area contributed by atoms with E-state index >= 15 is 0 Å². The Balaban J connectivity index is 1.84. The van der Waals surface area contributed by atoms with Crippen LogP contribution in [0.15, 0.2) is 35.4 Å². The second-order valence-electron chi connectivity index (χ2n) is 4.91. The Hall–Kier alpha value is -2.12. The van der Waals surface area contributed by atoms with E-state index in [9.17, 15) is 14.0 Å². The summed E-state index contributed by atoms with van der Waals surface area (Å²) in [7, 11) is 0. The van der Waals surface area contributed by atoms with Crippen molar-refractivity contribution in [1.29, 1.82) is 0 Å². The van der Waals surface area contributed by atoms with Crippen LogP contribution in [0.1, 0.15) is 17.3 Å². The van der Waals surface area contributed by atoms with E-state index in [4.69, 9.17) is 11.6 Å². The molecular weight excluding hydrogens is 341 g/mol. The molecule has 23 heavy (non-hydrogen) atoms. The van der Waals surface area contributed by atoms with Crippen LogP contribution in [0, 0.1) is 5.82 Å². The van der Waals surface area contributed by atoms with Crippen molar-refractivity contribution in [2.75, 3.05) is 10.6 Å². The number of nitrogens with zero attached hydrogens (tertiary/aromatic N) is 1. The first-order valence-electron chi connectivity index (χ1n) is 6.68. The van der Waals surface area contributed by atoms with E-state index in [0.29, 0.717) is 11.4 Å². The van der Waals surface area contributed by atoms with Gasteiger partial charge in [-0.25, -0.2) is 9.37 Å². The maximum absolute atomic E-state index is 13.2. The maximum Gasteiger partial charge on any atom is 0.258 e. The number of rotatable bonds is 2. The predicted octanol–water partition coefficient (Wildman–Crippen LogP) is 3.56. The number of aromatic nitrogens is 1. The smallest absolute Gasteiger partial charge is 0.258 e. The Bertz CT molecular complexity index is 815. The summed E-state index contributed by atoms with van der Waals surface area (Å²) in [5, 5.41) is 5.14. The lowest BCUT2D eigenvalue weighted by molar-refractivity contribution is -0.115. The van der Waals surface area contributed by atoms with Crippen LogP contribution in [0.3, 0.4) is 0 Å². The van der Waals surface area contributed by atoms with Gasteiger partial charge in [0.15, 0.2) is 0 Å². The molecule has 5 nitrogen and oxygen atoms in total. The third kappa shape index (κ3) is 3.30. The number of fused-ring (bicyclic) bond motifs is 1. The number of carbonyl (C=O) groups is 2. The second-order valence-corrected chi connectivity index (χ2v) is 6.65. The van der Waals surface area contributed by atoms with Crippen molar-refractivity contribution in [2.45, 2.75) is 17.1 Å². The molecule has 118 valence electrons. The summed E-state index contributed by atoms with van der Waals surface area (Å²) < 4.78 is 13.2. The van der Waals surface area contributed by atoms with Gasteiger partial charge in [0.2, 0.25) is 5.91 Å². The third-order valence-electron chi connectivity index (χ3n) is 3.22. The first kappa shape index (κ1) is 15.8. The Morgan fingerprint density at radius 3 is 3.00 bits per heavy atom. The Labute approximate surface area is 140 Å². The highest BCUT2D eigenvalue weighted by Crippen LogP contribution is 2.37. The van der Waals surface area contributed by atoms with Gasteiger partial charge in [0.1, 0.15) is 11.0 Å². The number of amides is 2. The molecule has 0 saturated carbocycles. The molecule has 2 aromatic rings. The summed E-state index contributed by atoms with van der Waals surface area (Å²) in [6, 6.07) is 6.17. The number of halogens is 2. The van der Waals surface area contributed by atoms with Gasteiger partial charge >= 0.3 is 0 Å². The van der Waals surface area contributed by atoms with E-state index in [-0.39, 0.29) is 21.9 Å². The largest absolute Gasteiger partial charge is 0.324 e. The number of pyridine rings is 1. The summed E-state index contributed by atoms with van der Waals surface area (Å²) in [4.78, 5) is 28.4. The molecule has 3 rings (SSSR count). The molecule has 8 heteroatoms. The fourth-order valence-corrected chi connectivity index (χ4v) is 3.19. The van der Waals surface area contributed by atoms with E-state index in [0.717, 1.165) is 17.2 Å². The molecule has 2 N–H and O–H groups in total. The summed E-state index contributed by atoms with van der Waals surface area (Å²) in [5.41, 5.74) is 1.03. The van der Waals surface area contributed by atoms with Crippen LogP contribution >= 0.6 is 23.4 Å². The molecule has 0 fully saturated rings. The minimum absolute atomic E-state index is 0.0589. The highest BCUT2D eigenvalue weighted by Gasteiger charge is 2.23. The lowest BCUT2D eigenvalue weighted by Gasteiger charge is -2.22. The van der Waals surface area contributed by atoms with E-state index in [1.807, 2.05) is 6.92 Å². The zero-order valence-electron chi connectivity index (χ0n) is 11.9. The van der Waals surface area contributed by atoms with Crippen LogP contribution in [0.5, 0.6) is 0 Å². The zero-order valence-corrected chi connectivity index (χ0v) is 13.5.